The summed E-state index contributed by atoms with van der Waals surface area (Å²) < 4.78 is 41.4. The first-order valence-corrected chi connectivity index (χ1v) is 11.2. The molecule has 1 aromatic carbocycles. The Balaban J connectivity index is 2.59. The number of rotatable bonds is 8. The third-order valence-corrected chi connectivity index (χ3v) is 4.90. The Bertz CT molecular complexity index is 1130. The highest BCUT2D eigenvalue weighted by molar-refractivity contribution is 5.94. The minimum Gasteiger partial charge on any atom is -0.434 e. The Labute approximate surface area is 203 Å². The van der Waals surface area contributed by atoms with Crippen molar-refractivity contribution in [2.75, 3.05) is 24.8 Å². The van der Waals surface area contributed by atoms with Crippen LogP contribution in [0, 0.1) is 28.4 Å². The molecule has 0 fully saturated rings. The van der Waals surface area contributed by atoms with Crippen molar-refractivity contribution >= 4 is 29.0 Å². The molecule has 0 spiro atoms. The normalized spacial score (nSPS) is 11.9. The molecule has 0 bridgehead atoms. The van der Waals surface area contributed by atoms with Crippen LogP contribution in [0.5, 0.6) is 0 Å². The van der Waals surface area contributed by atoms with Crippen LogP contribution < -0.4 is 4.90 Å². The van der Waals surface area contributed by atoms with Gasteiger partial charge in [-0.1, -0.05) is 20.8 Å². The van der Waals surface area contributed by atoms with E-state index in [0.29, 0.717) is 12.8 Å². The first kappa shape index (κ1) is 28.0. The number of ether oxygens (including phenoxy) is 2. The summed E-state index contributed by atoms with van der Waals surface area (Å²) in [5, 5.41) is 18.1. The van der Waals surface area contributed by atoms with Crippen LogP contribution in [0.1, 0.15) is 66.4 Å². The second-order valence-corrected chi connectivity index (χ2v) is 10.3. The number of carbonyl (C=O) groups is 2. The van der Waals surface area contributed by atoms with E-state index < -0.39 is 46.9 Å². The van der Waals surface area contributed by atoms with Crippen molar-refractivity contribution < 1.29 is 33.0 Å². The maximum Gasteiger partial charge on any atom is 0.510 e. The van der Waals surface area contributed by atoms with Crippen molar-refractivity contribution in [1.82, 2.24) is 9.55 Å². The van der Waals surface area contributed by atoms with Gasteiger partial charge in [0.1, 0.15) is 17.1 Å². The van der Waals surface area contributed by atoms with Gasteiger partial charge in [-0.3, -0.25) is 4.79 Å². The maximum absolute atomic E-state index is 15.2. The van der Waals surface area contributed by atoms with E-state index in [0.717, 1.165) is 11.0 Å². The number of carbonyl (C=O) groups excluding carboxylic acids is 2. The molecule has 9 nitrogen and oxygen atoms in total. The summed E-state index contributed by atoms with van der Waals surface area (Å²) in [7, 11) is 0. The zero-order valence-corrected chi connectivity index (χ0v) is 20.9. The number of hydrogen-bond donors (Lipinski definition) is 1. The van der Waals surface area contributed by atoms with E-state index in [9.17, 15) is 19.2 Å². The Kier molecular flexibility index (Phi) is 8.79. The highest BCUT2D eigenvalue weighted by Crippen LogP contribution is 2.35. The zero-order chi connectivity index (χ0) is 26.6. The van der Waals surface area contributed by atoms with Gasteiger partial charge in [0.15, 0.2) is 18.4 Å². The molecule has 2 rings (SSSR count). The molecule has 0 aliphatic heterocycles. The first-order valence-electron chi connectivity index (χ1n) is 11.2. The van der Waals surface area contributed by atoms with Crippen LogP contribution in [-0.2, 0) is 19.8 Å². The van der Waals surface area contributed by atoms with E-state index in [1.54, 1.807) is 26.8 Å². The van der Waals surface area contributed by atoms with Crippen LogP contribution in [0.3, 0.4) is 0 Å². The van der Waals surface area contributed by atoms with E-state index in [1.807, 2.05) is 20.8 Å². The predicted octanol–water partition coefficient (Wildman–Crippen LogP) is 4.59. The summed E-state index contributed by atoms with van der Waals surface area (Å²) in [6.45, 7) is 9.99. The van der Waals surface area contributed by atoms with Gasteiger partial charge in [-0.15, -0.1) is 0 Å². The quantitative estimate of drug-likeness (QED) is 0.324. The Hall–Kier alpha value is -3.26. The SMILES string of the molecule is CC(C)(C)CC(=O)N(COC(=O)OCCCCO)c1nc2c(F)cc(C#N)c(F)c2n1C(C)(C)C. The van der Waals surface area contributed by atoms with Gasteiger partial charge in [0, 0.05) is 18.6 Å². The third-order valence-electron chi connectivity index (χ3n) is 4.90. The lowest BCUT2D eigenvalue weighted by molar-refractivity contribution is -0.121. The molecule has 0 unspecified atom stereocenters. The summed E-state index contributed by atoms with van der Waals surface area (Å²) in [6.07, 6.45) is -0.151. The average Bonchev–Trinajstić information content (AvgIpc) is 3.14. The molecule has 1 aromatic heterocycles. The van der Waals surface area contributed by atoms with E-state index in [4.69, 9.17) is 14.6 Å². The number of nitriles is 1. The van der Waals surface area contributed by atoms with Crippen LogP contribution in [0.2, 0.25) is 0 Å². The minimum atomic E-state index is -1.04. The van der Waals surface area contributed by atoms with Crippen LogP contribution in [0.15, 0.2) is 6.07 Å². The van der Waals surface area contributed by atoms with E-state index in [2.05, 4.69) is 4.98 Å². The number of anilines is 1. The van der Waals surface area contributed by atoms with Gasteiger partial charge in [0.05, 0.1) is 12.2 Å². The fraction of sp³-hybridized carbons (Fsp3) is 0.583. The van der Waals surface area contributed by atoms with Gasteiger partial charge < -0.3 is 19.1 Å². The van der Waals surface area contributed by atoms with Crippen molar-refractivity contribution in [2.24, 2.45) is 5.41 Å². The zero-order valence-electron chi connectivity index (χ0n) is 20.9. The second kappa shape index (κ2) is 11.0. The van der Waals surface area contributed by atoms with Gasteiger partial charge in [0.25, 0.3) is 0 Å². The molecule has 1 N–H and O–H groups in total. The molecule has 35 heavy (non-hydrogen) atoms. The van der Waals surface area contributed by atoms with Gasteiger partial charge in [-0.05, 0) is 45.1 Å². The molecule has 1 amide bonds. The molecule has 192 valence electrons. The number of fused-ring (bicyclic) bond motifs is 1. The summed E-state index contributed by atoms with van der Waals surface area (Å²) in [5.74, 6) is -2.52. The Morgan fingerprint density at radius 2 is 1.83 bits per heavy atom. The third kappa shape index (κ3) is 6.88. The fourth-order valence-electron chi connectivity index (χ4n) is 3.38. The molecule has 0 atom stereocenters. The largest absolute Gasteiger partial charge is 0.510 e. The number of hydrogen-bond acceptors (Lipinski definition) is 7. The van der Waals surface area contributed by atoms with Crippen LogP contribution in [-0.4, -0.2) is 46.7 Å². The van der Waals surface area contributed by atoms with Crippen molar-refractivity contribution in [2.45, 2.75) is 66.3 Å². The molecule has 0 aliphatic rings. The van der Waals surface area contributed by atoms with Gasteiger partial charge in [-0.2, -0.15) is 5.26 Å². The lowest BCUT2D eigenvalue weighted by atomic mass is 9.92. The Morgan fingerprint density at radius 3 is 2.37 bits per heavy atom. The number of amides is 1. The smallest absolute Gasteiger partial charge is 0.434 e. The minimum absolute atomic E-state index is 0.0171. The number of halogens is 2. The number of nitrogens with zero attached hydrogens (tertiary/aromatic N) is 4. The van der Waals surface area contributed by atoms with Gasteiger partial charge in [-0.25, -0.2) is 23.5 Å². The van der Waals surface area contributed by atoms with Crippen molar-refractivity contribution in [3.05, 3.63) is 23.3 Å². The number of benzene rings is 1. The standard InChI is InChI=1S/C24H32F2N4O5/c1-23(2,3)12-17(32)29(14-35-22(33)34-10-8-7-9-31)21-28-19-16(25)11-15(13-27)18(26)20(19)30(21)24(4,5)6/h11,31H,7-10,12,14H2,1-6H3. The van der Waals surface area contributed by atoms with Gasteiger partial charge in [0.2, 0.25) is 11.9 Å². The molecule has 0 radical (unpaired) electrons. The van der Waals surface area contributed by atoms with E-state index in [-0.39, 0.29) is 36.6 Å². The number of aliphatic hydroxyl groups is 1. The highest BCUT2D eigenvalue weighted by atomic mass is 19.1. The van der Waals surface area contributed by atoms with E-state index in [1.165, 1.54) is 4.57 Å². The van der Waals surface area contributed by atoms with E-state index >= 15 is 4.39 Å². The summed E-state index contributed by atoms with van der Waals surface area (Å²) in [6, 6.07) is 2.38. The monoisotopic (exact) mass is 494 g/mol. The lowest BCUT2D eigenvalue weighted by Gasteiger charge is -2.30. The van der Waals surface area contributed by atoms with Crippen LogP contribution in [0.4, 0.5) is 19.5 Å². The molecule has 0 aliphatic carbocycles. The maximum atomic E-state index is 15.2. The highest BCUT2D eigenvalue weighted by Gasteiger charge is 2.33. The number of imidazole rings is 1. The Morgan fingerprint density at radius 1 is 1.17 bits per heavy atom. The molecule has 2 aromatic rings. The first-order chi connectivity index (χ1) is 16.2. The number of aromatic nitrogens is 2. The van der Waals surface area contributed by atoms with Crippen LogP contribution in [0.25, 0.3) is 11.0 Å². The molecule has 11 heteroatoms. The molecule has 0 saturated heterocycles. The van der Waals surface area contributed by atoms with Crippen molar-refractivity contribution in [3.63, 3.8) is 0 Å². The second-order valence-electron chi connectivity index (χ2n) is 10.3. The fourth-order valence-corrected chi connectivity index (χ4v) is 3.38. The van der Waals surface area contributed by atoms with Crippen molar-refractivity contribution in [3.8, 4) is 6.07 Å². The summed E-state index contributed by atoms with van der Waals surface area (Å²) in [5.41, 5.74) is -2.49. The molecular formula is C24H32F2N4O5. The van der Waals surface area contributed by atoms with Crippen LogP contribution >= 0.6 is 0 Å². The van der Waals surface area contributed by atoms with Gasteiger partial charge >= 0.3 is 6.16 Å². The molecule has 0 saturated carbocycles. The summed E-state index contributed by atoms with van der Waals surface area (Å²) in [4.78, 5) is 30.6. The topological polar surface area (TPSA) is 118 Å². The van der Waals surface area contributed by atoms with Crippen molar-refractivity contribution in [1.29, 1.82) is 5.26 Å². The average molecular weight is 495 g/mol. The number of aliphatic hydroxyl groups excluding tert-OH is 1. The summed E-state index contributed by atoms with van der Waals surface area (Å²) >= 11 is 0. The lowest BCUT2D eigenvalue weighted by Crippen LogP contribution is -2.40. The molecular weight excluding hydrogens is 462 g/mol. The molecule has 1 heterocycles. The number of unbranched alkanes of at least 4 members (excludes halogenated alkanes) is 1. The predicted molar refractivity (Wildman–Crippen MR) is 125 cm³/mol.